The zero-order chi connectivity index (χ0) is 21.1. The molecule has 0 radical (unpaired) electrons. The zero-order valence-corrected chi connectivity index (χ0v) is 16.0. The second-order valence-corrected chi connectivity index (χ2v) is 7.69. The topological polar surface area (TPSA) is 80.6 Å². The lowest BCUT2D eigenvalue weighted by molar-refractivity contribution is -0.274. The summed E-state index contributed by atoms with van der Waals surface area (Å²) in [4.78, 5) is -0.212. The second kappa shape index (κ2) is 8.18. The van der Waals surface area contributed by atoms with E-state index in [1.165, 1.54) is 6.26 Å². The highest BCUT2D eigenvalue weighted by molar-refractivity contribution is 7.92. The molecule has 0 aliphatic carbocycles. The van der Waals surface area contributed by atoms with Crippen LogP contribution < -0.4 is 14.8 Å². The summed E-state index contributed by atoms with van der Waals surface area (Å²) < 4.78 is 74.0. The Morgan fingerprint density at radius 2 is 1.79 bits per heavy atom. The standard InChI is InChI=1S/C19H17F3N2O4S/c1-23-12-13-4-9-16(18-3-2-10-27-18)17(11-13)24-29(25,26)15-7-5-14(6-8-15)28-19(20,21)22/h2-11,23-24H,12H2,1H3. The largest absolute Gasteiger partial charge is 0.573 e. The molecule has 0 atom stereocenters. The van der Waals surface area contributed by atoms with Gasteiger partial charge in [-0.3, -0.25) is 4.72 Å². The fraction of sp³-hybridized carbons (Fsp3) is 0.158. The fourth-order valence-corrected chi connectivity index (χ4v) is 3.73. The lowest BCUT2D eigenvalue weighted by Gasteiger charge is -2.14. The van der Waals surface area contributed by atoms with Gasteiger partial charge in [-0.05, 0) is 61.1 Å². The first-order valence-electron chi connectivity index (χ1n) is 8.38. The molecule has 154 valence electrons. The minimum Gasteiger partial charge on any atom is -0.464 e. The van der Waals surface area contributed by atoms with Gasteiger partial charge in [-0.2, -0.15) is 0 Å². The van der Waals surface area contributed by atoms with Crippen molar-refractivity contribution in [3.8, 4) is 17.1 Å². The van der Waals surface area contributed by atoms with Crippen LogP contribution in [-0.4, -0.2) is 21.8 Å². The van der Waals surface area contributed by atoms with Crippen LogP contribution in [-0.2, 0) is 16.6 Å². The minimum atomic E-state index is -4.86. The molecule has 3 rings (SSSR count). The summed E-state index contributed by atoms with van der Waals surface area (Å²) in [6.07, 6.45) is -3.39. The Morgan fingerprint density at radius 1 is 1.07 bits per heavy atom. The van der Waals surface area contributed by atoms with Crippen LogP contribution in [0.1, 0.15) is 5.56 Å². The van der Waals surface area contributed by atoms with Crippen LogP contribution in [0.2, 0.25) is 0 Å². The number of ether oxygens (including phenoxy) is 1. The number of benzene rings is 2. The number of hydrogen-bond donors (Lipinski definition) is 2. The zero-order valence-electron chi connectivity index (χ0n) is 15.2. The Morgan fingerprint density at radius 3 is 2.38 bits per heavy atom. The lowest BCUT2D eigenvalue weighted by Crippen LogP contribution is -2.17. The van der Waals surface area contributed by atoms with Gasteiger partial charge in [-0.15, -0.1) is 13.2 Å². The molecule has 2 aromatic carbocycles. The molecule has 0 amide bonds. The molecular formula is C19H17F3N2O4S. The highest BCUT2D eigenvalue weighted by Crippen LogP contribution is 2.32. The molecule has 0 unspecified atom stereocenters. The van der Waals surface area contributed by atoms with E-state index < -0.39 is 22.1 Å². The Hall–Kier alpha value is -2.98. The highest BCUT2D eigenvalue weighted by atomic mass is 32.2. The highest BCUT2D eigenvalue weighted by Gasteiger charge is 2.31. The molecule has 1 aromatic heterocycles. The van der Waals surface area contributed by atoms with Crippen LogP contribution in [0, 0.1) is 0 Å². The molecule has 6 nitrogen and oxygen atoms in total. The number of sulfonamides is 1. The van der Waals surface area contributed by atoms with E-state index in [0.717, 1.165) is 29.8 Å². The van der Waals surface area contributed by atoms with Gasteiger partial charge in [0, 0.05) is 12.1 Å². The molecule has 2 N–H and O–H groups in total. The number of furan rings is 1. The smallest absolute Gasteiger partial charge is 0.464 e. The molecule has 0 spiro atoms. The number of rotatable bonds is 7. The Balaban J connectivity index is 1.92. The Labute approximate surface area is 165 Å². The Kier molecular flexibility index (Phi) is 5.85. The van der Waals surface area contributed by atoms with Gasteiger partial charge < -0.3 is 14.5 Å². The van der Waals surface area contributed by atoms with Crippen LogP contribution in [0.3, 0.4) is 0 Å². The molecular weight excluding hydrogens is 409 g/mol. The number of anilines is 1. The van der Waals surface area contributed by atoms with Gasteiger partial charge in [0.25, 0.3) is 10.0 Å². The molecule has 0 fully saturated rings. The van der Waals surface area contributed by atoms with Gasteiger partial charge in [0.1, 0.15) is 11.5 Å². The number of alkyl halides is 3. The van der Waals surface area contributed by atoms with Crippen molar-refractivity contribution in [2.24, 2.45) is 0 Å². The van der Waals surface area contributed by atoms with Crippen molar-refractivity contribution in [2.45, 2.75) is 17.8 Å². The summed E-state index contributed by atoms with van der Waals surface area (Å²) in [5, 5.41) is 2.98. The number of hydrogen-bond acceptors (Lipinski definition) is 5. The van der Waals surface area contributed by atoms with Crippen molar-refractivity contribution in [3.05, 3.63) is 66.4 Å². The molecule has 0 aliphatic rings. The van der Waals surface area contributed by atoms with Gasteiger partial charge in [0.2, 0.25) is 0 Å². The van der Waals surface area contributed by atoms with Gasteiger partial charge in [0.15, 0.2) is 0 Å². The average Bonchev–Trinajstić information content (AvgIpc) is 3.15. The molecule has 0 bridgehead atoms. The summed E-state index contributed by atoms with van der Waals surface area (Å²) >= 11 is 0. The van der Waals surface area contributed by atoms with Crippen LogP contribution in [0.5, 0.6) is 5.75 Å². The molecule has 1 heterocycles. The van der Waals surface area contributed by atoms with E-state index in [2.05, 4.69) is 14.8 Å². The van der Waals surface area contributed by atoms with E-state index in [-0.39, 0.29) is 10.6 Å². The van der Waals surface area contributed by atoms with E-state index in [1.54, 1.807) is 31.3 Å². The van der Waals surface area contributed by atoms with Gasteiger partial charge in [0.05, 0.1) is 16.8 Å². The predicted molar refractivity (Wildman–Crippen MR) is 101 cm³/mol. The van der Waals surface area contributed by atoms with Crippen molar-refractivity contribution in [1.82, 2.24) is 5.32 Å². The first-order valence-corrected chi connectivity index (χ1v) is 9.86. The van der Waals surface area contributed by atoms with Gasteiger partial charge >= 0.3 is 6.36 Å². The predicted octanol–water partition coefficient (Wildman–Crippen LogP) is 4.37. The van der Waals surface area contributed by atoms with Gasteiger partial charge in [-0.1, -0.05) is 6.07 Å². The maximum Gasteiger partial charge on any atom is 0.573 e. The summed E-state index contributed by atoms with van der Waals surface area (Å²) in [5.41, 5.74) is 1.63. The van der Waals surface area contributed by atoms with E-state index in [4.69, 9.17) is 4.42 Å². The van der Waals surface area contributed by atoms with Crippen molar-refractivity contribution in [1.29, 1.82) is 0 Å². The molecule has 3 aromatic rings. The molecule has 10 heteroatoms. The number of halogens is 3. The third-order valence-electron chi connectivity index (χ3n) is 3.86. The summed E-state index contributed by atoms with van der Waals surface area (Å²) in [6.45, 7) is 0.511. The maximum absolute atomic E-state index is 12.8. The van der Waals surface area contributed by atoms with Crippen LogP contribution in [0.15, 0.2) is 70.2 Å². The average molecular weight is 426 g/mol. The van der Waals surface area contributed by atoms with Crippen LogP contribution in [0.4, 0.5) is 18.9 Å². The third-order valence-corrected chi connectivity index (χ3v) is 5.24. The normalized spacial score (nSPS) is 12.0. The summed E-state index contributed by atoms with van der Waals surface area (Å²) in [6, 6.07) is 12.5. The third kappa shape index (κ3) is 5.30. The quantitative estimate of drug-likeness (QED) is 0.587. The molecule has 0 saturated carbocycles. The minimum absolute atomic E-state index is 0.212. The van der Waals surface area contributed by atoms with E-state index >= 15 is 0 Å². The molecule has 0 aliphatic heterocycles. The van der Waals surface area contributed by atoms with E-state index in [1.807, 2.05) is 6.07 Å². The second-order valence-electron chi connectivity index (χ2n) is 6.01. The SMILES string of the molecule is CNCc1ccc(-c2ccco2)c(NS(=O)(=O)c2ccc(OC(F)(F)F)cc2)c1. The van der Waals surface area contributed by atoms with Crippen LogP contribution >= 0.6 is 0 Å². The van der Waals surface area contributed by atoms with Crippen molar-refractivity contribution < 1.29 is 30.7 Å². The maximum atomic E-state index is 12.8. The lowest BCUT2D eigenvalue weighted by atomic mass is 10.1. The first-order chi connectivity index (χ1) is 13.7. The van der Waals surface area contributed by atoms with E-state index in [9.17, 15) is 21.6 Å². The van der Waals surface area contributed by atoms with Crippen molar-refractivity contribution in [3.63, 3.8) is 0 Å². The van der Waals surface area contributed by atoms with Crippen molar-refractivity contribution in [2.75, 3.05) is 11.8 Å². The Bertz CT molecular complexity index is 1060. The van der Waals surface area contributed by atoms with E-state index in [0.29, 0.717) is 17.9 Å². The summed E-state index contributed by atoms with van der Waals surface area (Å²) in [7, 11) is -2.31. The van der Waals surface area contributed by atoms with Crippen LogP contribution in [0.25, 0.3) is 11.3 Å². The molecule has 0 saturated heterocycles. The first kappa shape index (κ1) is 20.7. The monoisotopic (exact) mass is 426 g/mol. The summed E-state index contributed by atoms with van der Waals surface area (Å²) in [5.74, 6) is -0.0450. The number of nitrogens with one attached hydrogen (secondary N) is 2. The van der Waals surface area contributed by atoms with Gasteiger partial charge in [-0.25, -0.2) is 8.42 Å². The molecule has 29 heavy (non-hydrogen) atoms. The fourth-order valence-electron chi connectivity index (χ4n) is 2.66. The van der Waals surface area contributed by atoms with Crippen molar-refractivity contribution >= 4 is 15.7 Å².